The molecule has 19 heavy (non-hydrogen) atoms. The van der Waals surface area contributed by atoms with Gasteiger partial charge in [-0.3, -0.25) is 0 Å². The van der Waals surface area contributed by atoms with Crippen LogP contribution in [0.5, 0.6) is 0 Å². The maximum Gasteiger partial charge on any atom is 0.143 e. The Labute approximate surface area is 131 Å². The van der Waals surface area contributed by atoms with Crippen molar-refractivity contribution in [2.75, 3.05) is 5.32 Å². The fourth-order valence-corrected chi connectivity index (χ4v) is 2.50. The zero-order chi connectivity index (χ0) is 13.8. The molecule has 0 saturated carbocycles. The van der Waals surface area contributed by atoms with Crippen LogP contribution in [0.15, 0.2) is 41.0 Å². The third-order valence-corrected chi connectivity index (χ3v) is 4.17. The Morgan fingerprint density at radius 1 is 1.32 bits per heavy atom. The van der Waals surface area contributed by atoms with E-state index in [9.17, 15) is 0 Å². The molecule has 0 amide bonds. The first-order valence-corrected chi connectivity index (χ1v) is 7.48. The lowest BCUT2D eigenvalue weighted by Gasteiger charge is -2.19. The Morgan fingerprint density at radius 3 is 2.74 bits per heavy atom. The molecule has 1 N–H and O–H groups in total. The summed E-state index contributed by atoms with van der Waals surface area (Å²) in [7, 11) is 0. The van der Waals surface area contributed by atoms with E-state index in [1.54, 1.807) is 6.20 Å². The summed E-state index contributed by atoms with van der Waals surface area (Å²) in [6, 6.07) is 9.97. The van der Waals surface area contributed by atoms with Gasteiger partial charge >= 0.3 is 0 Å². The number of rotatable bonds is 4. The summed E-state index contributed by atoms with van der Waals surface area (Å²) in [5, 5.41) is 4.63. The van der Waals surface area contributed by atoms with Gasteiger partial charge in [0.1, 0.15) is 5.15 Å². The molecular weight excluding hydrogens is 347 g/mol. The minimum absolute atomic E-state index is 0.188. The second-order valence-corrected chi connectivity index (χ2v) is 5.81. The van der Waals surface area contributed by atoms with Gasteiger partial charge in [-0.05, 0) is 46.1 Å². The second-order valence-electron chi connectivity index (χ2n) is 4.16. The molecule has 5 heteroatoms. The minimum Gasteiger partial charge on any atom is -0.377 e. The molecule has 100 valence electrons. The van der Waals surface area contributed by atoms with Crippen LogP contribution in [-0.2, 0) is 0 Å². The number of aromatic nitrogens is 1. The number of nitrogens with one attached hydrogen (secondary N) is 1. The van der Waals surface area contributed by atoms with Crippen molar-refractivity contribution in [1.82, 2.24) is 4.98 Å². The fraction of sp³-hybridized carbons (Fsp3) is 0.214. The molecule has 0 fully saturated rings. The van der Waals surface area contributed by atoms with E-state index >= 15 is 0 Å². The summed E-state index contributed by atoms with van der Waals surface area (Å²) in [6.45, 7) is 2.12. The summed E-state index contributed by atoms with van der Waals surface area (Å²) in [5.74, 6) is 0. The van der Waals surface area contributed by atoms with Gasteiger partial charge in [0.25, 0.3) is 0 Å². The molecule has 0 spiro atoms. The van der Waals surface area contributed by atoms with Gasteiger partial charge in [-0.1, -0.05) is 42.3 Å². The lowest BCUT2D eigenvalue weighted by molar-refractivity contribution is 0.748. The summed E-state index contributed by atoms with van der Waals surface area (Å²) < 4.78 is 0.778. The van der Waals surface area contributed by atoms with Gasteiger partial charge in [-0.2, -0.15) is 0 Å². The molecule has 2 nitrogen and oxygen atoms in total. The van der Waals surface area contributed by atoms with Crippen molar-refractivity contribution in [1.29, 1.82) is 0 Å². The maximum absolute atomic E-state index is 6.03. The molecule has 0 radical (unpaired) electrons. The number of nitrogens with zero attached hydrogens (tertiary/aromatic N) is 1. The van der Waals surface area contributed by atoms with Crippen LogP contribution >= 0.6 is 39.1 Å². The average Bonchev–Trinajstić information content (AvgIpc) is 2.40. The number of halogens is 3. The van der Waals surface area contributed by atoms with Crippen LogP contribution in [0.25, 0.3) is 0 Å². The van der Waals surface area contributed by atoms with Crippen molar-refractivity contribution in [3.8, 4) is 0 Å². The highest BCUT2D eigenvalue weighted by Crippen LogP contribution is 2.28. The summed E-state index contributed by atoms with van der Waals surface area (Å²) in [4.78, 5) is 4.11. The first-order chi connectivity index (χ1) is 9.10. The highest BCUT2D eigenvalue weighted by Gasteiger charge is 2.10. The van der Waals surface area contributed by atoms with E-state index in [0.29, 0.717) is 5.15 Å². The molecule has 2 aromatic rings. The van der Waals surface area contributed by atoms with E-state index in [1.807, 2.05) is 24.3 Å². The zero-order valence-electron chi connectivity index (χ0n) is 10.3. The van der Waals surface area contributed by atoms with E-state index in [2.05, 4.69) is 39.2 Å². The Hall–Kier alpha value is -0.770. The summed E-state index contributed by atoms with van der Waals surface area (Å²) >= 11 is 15.3. The Kier molecular flexibility index (Phi) is 5.08. The fourth-order valence-electron chi connectivity index (χ4n) is 1.85. The molecule has 0 aliphatic rings. The second kappa shape index (κ2) is 6.60. The lowest BCUT2D eigenvalue weighted by Crippen LogP contribution is -2.09. The van der Waals surface area contributed by atoms with Crippen LogP contribution in [0, 0.1) is 0 Å². The molecule has 0 bridgehead atoms. The van der Waals surface area contributed by atoms with Crippen molar-refractivity contribution in [3.05, 3.63) is 56.7 Å². The first-order valence-electron chi connectivity index (χ1n) is 5.93. The predicted octanol–water partition coefficient (Wildman–Crippen LogP) is 5.71. The third kappa shape index (κ3) is 3.85. The van der Waals surface area contributed by atoms with Crippen LogP contribution in [0.1, 0.15) is 24.9 Å². The van der Waals surface area contributed by atoms with Gasteiger partial charge in [0.15, 0.2) is 0 Å². The van der Waals surface area contributed by atoms with Gasteiger partial charge in [0.2, 0.25) is 0 Å². The maximum atomic E-state index is 6.03. The SMILES string of the molecule is CCC(Nc1cnc(Cl)c(Br)c1)c1cccc(Cl)c1. The quantitative estimate of drug-likeness (QED) is 0.706. The molecule has 1 atom stereocenters. The van der Waals surface area contributed by atoms with E-state index in [-0.39, 0.29) is 6.04 Å². The zero-order valence-corrected chi connectivity index (χ0v) is 13.4. The van der Waals surface area contributed by atoms with E-state index < -0.39 is 0 Å². The standard InChI is InChI=1S/C14H13BrCl2N2/c1-2-13(9-4-3-5-10(16)6-9)19-11-7-12(15)14(17)18-8-11/h3-8,13,19H,2H2,1H3. The first kappa shape index (κ1) is 14.6. The van der Waals surface area contributed by atoms with E-state index in [0.717, 1.165) is 27.2 Å². The van der Waals surface area contributed by atoms with Crippen molar-refractivity contribution >= 4 is 44.8 Å². The highest BCUT2D eigenvalue weighted by molar-refractivity contribution is 9.10. The van der Waals surface area contributed by atoms with Crippen molar-refractivity contribution < 1.29 is 0 Å². The van der Waals surface area contributed by atoms with Gasteiger partial charge in [0.05, 0.1) is 22.4 Å². The van der Waals surface area contributed by atoms with Crippen molar-refractivity contribution in [2.24, 2.45) is 0 Å². The van der Waals surface area contributed by atoms with Gasteiger partial charge in [-0.15, -0.1) is 0 Å². The molecule has 0 aliphatic carbocycles. The molecular formula is C14H13BrCl2N2. The Balaban J connectivity index is 2.21. The monoisotopic (exact) mass is 358 g/mol. The normalized spacial score (nSPS) is 12.2. The lowest BCUT2D eigenvalue weighted by atomic mass is 10.0. The Morgan fingerprint density at radius 2 is 2.11 bits per heavy atom. The van der Waals surface area contributed by atoms with Gasteiger partial charge < -0.3 is 5.32 Å². The highest BCUT2D eigenvalue weighted by atomic mass is 79.9. The molecule has 1 unspecified atom stereocenters. The van der Waals surface area contributed by atoms with Crippen LogP contribution < -0.4 is 5.32 Å². The van der Waals surface area contributed by atoms with E-state index in [1.165, 1.54) is 0 Å². The van der Waals surface area contributed by atoms with Gasteiger partial charge in [-0.25, -0.2) is 4.98 Å². The van der Waals surface area contributed by atoms with Crippen LogP contribution in [0.2, 0.25) is 10.2 Å². The number of anilines is 1. The largest absolute Gasteiger partial charge is 0.377 e. The number of hydrogen-bond donors (Lipinski definition) is 1. The topological polar surface area (TPSA) is 24.9 Å². The number of pyridine rings is 1. The summed E-state index contributed by atoms with van der Waals surface area (Å²) in [6.07, 6.45) is 2.67. The van der Waals surface area contributed by atoms with E-state index in [4.69, 9.17) is 23.2 Å². The van der Waals surface area contributed by atoms with Crippen molar-refractivity contribution in [3.63, 3.8) is 0 Å². The Bertz CT molecular complexity index is 575. The summed E-state index contributed by atoms with van der Waals surface area (Å²) in [5.41, 5.74) is 2.07. The predicted molar refractivity (Wildman–Crippen MR) is 85.1 cm³/mol. The molecule has 0 saturated heterocycles. The average molecular weight is 360 g/mol. The molecule has 1 heterocycles. The van der Waals surface area contributed by atoms with Crippen molar-refractivity contribution in [2.45, 2.75) is 19.4 Å². The molecule has 0 aliphatic heterocycles. The number of benzene rings is 1. The smallest absolute Gasteiger partial charge is 0.143 e. The molecule has 1 aromatic heterocycles. The van der Waals surface area contributed by atoms with Crippen LogP contribution in [0.4, 0.5) is 5.69 Å². The molecule has 1 aromatic carbocycles. The third-order valence-electron chi connectivity index (χ3n) is 2.80. The minimum atomic E-state index is 0.188. The van der Waals surface area contributed by atoms with Crippen LogP contribution in [0.3, 0.4) is 0 Å². The number of hydrogen-bond acceptors (Lipinski definition) is 2. The van der Waals surface area contributed by atoms with Crippen LogP contribution in [-0.4, -0.2) is 4.98 Å². The van der Waals surface area contributed by atoms with Gasteiger partial charge in [0, 0.05) is 5.02 Å². The molecule has 2 rings (SSSR count).